The summed E-state index contributed by atoms with van der Waals surface area (Å²) in [5.74, 6) is 1.82. The molecule has 1 saturated heterocycles. The molecule has 0 unspecified atom stereocenters. The van der Waals surface area contributed by atoms with Crippen LogP contribution in [0, 0.1) is 6.92 Å². The van der Waals surface area contributed by atoms with Crippen molar-refractivity contribution in [2.75, 3.05) is 43.4 Å². The molecule has 148 valence electrons. The minimum absolute atomic E-state index is 0.526. The van der Waals surface area contributed by atoms with Crippen LogP contribution in [-0.2, 0) is 0 Å². The van der Waals surface area contributed by atoms with Crippen LogP contribution in [-0.4, -0.2) is 58.3 Å². The van der Waals surface area contributed by atoms with Gasteiger partial charge in [-0.2, -0.15) is 5.10 Å². The maximum atomic E-state index is 5.47. The van der Waals surface area contributed by atoms with Gasteiger partial charge in [0.05, 0.1) is 12.5 Å². The summed E-state index contributed by atoms with van der Waals surface area (Å²) >= 11 is 0. The number of hydrogen-bond donors (Lipinski definition) is 2. The molecule has 4 aromatic rings. The second kappa shape index (κ2) is 7.21. The molecule has 0 bridgehead atoms. The molecule has 1 fully saturated rings. The minimum Gasteiger partial charge on any atom is -0.461 e. The molecule has 1 aromatic carbocycles. The van der Waals surface area contributed by atoms with Crippen molar-refractivity contribution in [3.05, 3.63) is 48.4 Å². The van der Waals surface area contributed by atoms with Gasteiger partial charge in [-0.15, -0.1) is 0 Å². The quantitative estimate of drug-likeness (QED) is 0.553. The molecular formula is C21H23N7O. The number of likely N-dealkylation sites (N-methyl/N-ethyl adjacent to an activating group) is 1. The molecule has 0 aliphatic carbocycles. The van der Waals surface area contributed by atoms with Gasteiger partial charge in [-0.25, -0.2) is 9.97 Å². The van der Waals surface area contributed by atoms with Crippen LogP contribution in [0.2, 0.25) is 0 Å². The molecule has 0 spiro atoms. The van der Waals surface area contributed by atoms with E-state index < -0.39 is 0 Å². The topological polar surface area (TPSA) is 86.1 Å². The van der Waals surface area contributed by atoms with Gasteiger partial charge in [-0.05, 0) is 49.9 Å². The number of nitrogens with zero attached hydrogens (tertiary/aromatic N) is 5. The molecular weight excluding hydrogens is 366 g/mol. The molecule has 0 radical (unpaired) electrons. The summed E-state index contributed by atoms with van der Waals surface area (Å²) in [6, 6.07) is 10.2. The molecule has 0 atom stereocenters. The minimum atomic E-state index is 0.526. The number of furan rings is 1. The SMILES string of the molecule is Cc1cc(N2CCN(C)CC2)ccc1Nc1nc(-c2ccco2)nc2cn[nH]c12. The van der Waals surface area contributed by atoms with Gasteiger partial charge >= 0.3 is 0 Å². The van der Waals surface area contributed by atoms with Crippen LogP contribution in [0.15, 0.2) is 47.2 Å². The normalized spacial score (nSPS) is 15.2. The first-order chi connectivity index (χ1) is 14.2. The summed E-state index contributed by atoms with van der Waals surface area (Å²) in [5, 5.41) is 10.6. The molecule has 0 amide bonds. The lowest BCUT2D eigenvalue weighted by atomic mass is 10.1. The predicted octanol–water partition coefficient (Wildman–Crippen LogP) is 3.42. The Morgan fingerprint density at radius 3 is 2.72 bits per heavy atom. The number of hydrogen-bond acceptors (Lipinski definition) is 7. The zero-order valence-corrected chi connectivity index (χ0v) is 16.5. The molecule has 5 rings (SSSR count). The number of benzene rings is 1. The van der Waals surface area contributed by atoms with Crippen molar-refractivity contribution in [2.45, 2.75) is 6.92 Å². The Morgan fingerprint density at radius 2 is 1.97 bits per heavy atom. The van der Waals surface area contributed by atoms with Gasteiger partial charge in [-0.1, -0.05) is 0 Å². The second-order valence-electron chi connectivity index (χ2n) is 7.42. The number of aryl methyl sites for hydroxylation is 1. The van der Waals surface area contributed by atoms with E-state index in [9.17, 15) is 0 Å². The fourth-order valence-electron chi connectivity index (χ4n) is 3.62. The molecule has 8 nitrogen and oxygen atoms in total. The Labute approximate surface area is 168 Å². The van der Waals surface area contributed by atoms with Crippen LogP contribution >= 0.6 is 0 Å². The summed E-state index contributed by atoms with van der Waals surface area (Å²) in [4.78, 5) is 14.0. The van der Waals surface area contributed by atoms with Crippen molar-refractivity contribution >= 4 is 28.2 Å². The van der Waals surface area contributed by atoms with E-state index in [0.717, 1.165) is 48.5 Å². The van der Waals surface area contributed by atoms with Crippen LogP contribution in [0.25, 0.3) is 22.6 Å². The van der Waals surface area contributed by atoms with E-state index in [1.807, 2.05) is 12.1 Å². The monoisotopic (exact) mass is 389 g/mol. The van der Waals surface area contributed by atoms with Gasteiger partial charge in [0.25, 0.3) is 0 Å². The number of aromatic amines is 1. The van der Waals surface area contributed by atoms with Crippen LogP contribution in [0.1, 0.15) is 5.56 Å². The predicted molar refractivity (Wildman–Crippen MR) is 114 cm³/mol. The first-order valence-corrected chi connectivity index (χ1v) is 9.73. The summed E-state index contributed by atoms with van der Waals surface area (Å²) in [6.45, 7) is 6.40. The first kappa shape index (κ1) is 17.7. The number of H-pyrrole nitrogens is 1. The van der Waals surface area contributed by atoms with Crippen molar-refractivity contribution in [3.8, 4) is 11.6 Å². The van der Waals surface area contributed by atoms with E-state index in [2.05, 4.69) is 67.5 Å². The molecule has 2 N–H and O–H groups in total. The number of rotatable bonds is 4. The van der Waals surface area contributed by atoms with Crippen molar-refractivity contribution in [3.63, 3.8) is 0 Å². The molecule has 1 aliphatic rings. The van der Waals surface area contributed by atoms with E-state index >= 15 is 0 Å². The first-order valence-electron chi connectivity index (χ1n) is 9.73. The van der Waals surface area contributed by atoms with E-state index in [4.69, 9.17) is 4.42 Å². The number of nitrogens with one attached hydrogen (secondary N) is 2. The number of anilines is 3. The Bertz CT molecular complexity index is 1130. The van der Waals surface area contributed by atoms with Crippen LogP contribution in [0.4, 0.5) is 17.2 Å². The highest BCUT2D eigenvalue weighted by Gasteiger charge is 2.16. The smallest absolute Gasteiger partial charge is 0.198 e. The molecule has 1 aliphatic heterocycles. The largest absolute Gasteiger partial charge is 0.461 e. The van der Waals surface area contributed by atoms with Crippen molar-refractivity contribution in [2.24, 2.45) is 0 Å². The number of fused-ring (bicyclic) bond motifs is 1. The zero-order chi connectivity index (χ0) is 19.8. The molecule has 8 heteroatoms. The Hall–Kier alpha value is -3.39. The third kappa shape index (κ3) is 3.42. The third-order valence-electron chi connectivity index (χ3n) is 5.37. The van der Waals surface area contributed by atoms with Gasteiger partial charge in [-0.3, -0.25) is 5.10 Å². The molecule has 0 saturated carbocycles. The highest BCUT2D eigenvalue weighted by Crippen LogP contribution is 2.29. The standard InChI is InChI=1S/C21H23N7O/c1-14-12-15(28-9-7-27(2)8-10-28)5-6-16(14)23-21-19-17(13-22-26-19)24-20(25-21)18-4-3-11-29-18/h3-6,11-13H,7-10H2,1-2H3,(H,22,26)(H,23,24,25). The molecule has 4 heterocycles. The summed E-state index contributed by atoms with van der Waals surface area (Å²) in [6.07, 6.45) is 3.31. The van der Waals surface area contributed by atoms with Crippen LogP contribution < -0.4 is 10.2 Å². The van der Waals surface area contributed by atoms with Gasteiger partial charge in [0.1, 0.15) is 11.0 Å². The van der Waals surface area contributed by atoms with Crippen molar-refractivity contribution < 1.29 is 4.42 Å². The highest BCUT2D eigenvalue weighted by atomic mass is 16.3. The summed E-state index contributed by atoms with van der Waals surface area (Å²) in [7, 11) is 2.17. The Morgan fingerprint density at radius 1 is 1.10 bits per heavy atom. The van der Waals surface area contributed by atoms with Gasteiger partial charge in [0.2, 0.25) is 0 Å². The third-order valence-corrected chi connectivity index (χ3v) is 5.37. The number of piperazine rings is 1. The number of aromatic nitrogens is 4. The van der Waals surface area contributed by atoms with E-state index in [0.29, 0.717) is 17.4 Å². The highest BCUT2D eigenvalue weighted by molar-refractivity contribution is 5.88. The lowest BCUT2D eigenvalue weighted by Crippen LogP contribution is -2.44. The maximum absolute atomic E-state index is 5.47. The van der Waals surface area contributed by atoms with Crippen molar-refractivity contribution in [1.29, 1.82) is 0 Å². The molecule has 29 heavy (non-hydrogen) atoms. The van der Waals surface area contributed by atoms with E-state index in [1.54, 1.807) is 12.5 Å². The van der Waals surface area contributed by atoms with Crippen LogP contribution in [0.3, 0.4) is 0 Å². The summed E-state index contributed by atoms with van der Waals surface area (Å²) in [5.41, 5.74) is 4.92. The lowest BCUT2D eigenvalue weighted by molar-refractivity contribution is 0.313. The Balaban J connectivity index is 1.45. The summed E-state index contributed by atoms with van der Waals surface area (Å²) < 4.78 is 5.47. The van der Waals surface area contributed by atoms with E-state index in [-0.39, 0.29) is 0 Å². The average Bonchev–Trinajstić information content (AvgIpc) is 3.42. The average molecular weight is 389 g/mol. The second-order valence-corrected chi connectivity index (χ2v) is 7.42. The lowest BCUT2D eigenvalue weighted by Gasteiger charge is -2.34. The maximum Gasteiger partial charge on any atom is 0.198 e. The zero-order valence-electron chi connectivity index (χ0n) is 16.5. The van der Waals surface area contributed by atoms with Gasteiger partial charge < -0.3 is 19.5 Å². The van der Waals surface area contributed by atoms with Gasteiger partial charge in [0, 0.05) is 37.6 Å². The Kier molecular flexibility index (Phi) is 4.40. The fraction of sp³-hybridized carbons (Fsp3) is 0.286. The molecule has 3 aromatic heterocycles. The van der Waals surface area contributed by atoms with Gasteiger partial charge in [0.15, 0.2) is 17.4 Å². The fourth-order valence-corrected chi connectivity index (χ4v) is 3.62. The van der Waals surface area contributed by atoms with Crippen LogP contribution in [0.5, 0.6) is 0 Å². The van der Waals surface area contributed by atoms with Crippen molar-refractivity contribution in [1.82, 2.24) is 25.1 Å². The van der Waals surface area contributed by atoms with E-state index in [1.165, 1.54) is 5.69 Å².